The van der Waals surface area contributed by atoms with Crippen molar-refractivity contribution in [1.82, 2.24) is 41.5 Å². The number of primary amides is 1. The Bertz CT molecular complexity index is 2510. The molecule has 0 saturated heterocycles. The van der Waals surface area contributed by atoms with Crippen molar-refractivity contribution in [1.29, 1.82) is 0 Å². The van der Waals surface area contributed by atoms with E-state index in [0.29, 0.717) is 27.3 Å². The number of para-hydroxylation sites is 1. The molecule has 0 unspecified atom stereocenters. The molecule has 0 saturated carbocycles. The molecule has 18 nitrogen and oxygen atoms in total. The molecular formula is C44H48N12O6S. The molecule has 1 aliphatic heterocycles. The molecule has 5 aromatic rings. The summed E-state index contributed by atoms with van der Waals surface area (Å²) in [7, 11) is 0. The number of nitrogens with one attached hydrogen (secondary N) is 7. The number of imidazole rings is 1. The van der Waals surface area contributed by atoms with Gasteiger partial charge in [0, 0.05) is 71.0 Å². The molecule has 6 rings (SSSR count). The minimum Gasteiger partial charge on any atom is -0.370 e. The maximum Gasteiger partial charge on any atom is 0.253 e. The molecule has 0 spiro atoms. The van der Waals surface area contributed by atoms with Gasteiger partial charge in [-0.1, -0.05) is 54.5 Å². The van der Waals surface area contributed by atoms with Gasteiger partial charge in [0.15, 0.2) is 5.96 Å². The Morgan fingerprint density at radius 2 is 1.44 bits per heavy atom. The Labute approximate surface area is 366 Å². The van der Waals surface area contributed by atoms with E-state index in [4.69, 9.17) is 23.6 Å². The van der Waals surface area contributed by atoms with E-state index in [0.717, 1.165) is 22.7 Å². The number of hydrogen-bond donors (Lipinski definition) is 10. The first kappa shape index (κ1) is 44.9. The van der Waals surface area contributed by atoms with E-state index in [1.54, 1.807) is 48.7 Å². The van der Waals surface area contributed by atoms with Gasteiger partial charge in [-0.2, -0.15) is 0 Å². The second-order valence-corrected chi connectivity index (χ2v) is 15.9. The molecule has 0 aliphatic carbocycles. The van der Waals surface area contributed by atoms with Crippen molar-refractivity contribution in [3.05, 3.63) is 119 Å². The zero-order valence-electron chi connectivity index (χ0n) is 34.1. The third-order valence-electron chi connectivity index (χ3n) is 10.3. The van der Waals surface area contributed by atoms with E-state index in [-0.39, 0.29) is 55.9 Å². The van der Waals surface area contributed by atoms with Gasteiger partial charge in [-0.25, -0.2) is 4.98 Å². The summed E-state index contributed by atoms with van der Waals surface area (Å²) >= 11 is 1.05. The molecule has 13 N–H and O–H groups in total. The summed E-state index contributed by atoms with van der Waals surface area (Å²) in [6.07, 6.45) is 10.5. The maximum absolute atomic E-state index is 14.5. The molecule has 63 heavy (non-hydrogen) atoms. The normalized spacial score (nSPS) is 20.2. The molecule has 19 heteroatoms. The lowest BCUT2D eigenvalue weighted by Gasteiger charge is -2.27. The number of aromatic amines is 2. The van der Waals surface area contributed by atoms with Gasteiger partial charge < -0.3 is 53.8 Å². The topological polar surface area (TPSA) is 297 Å². The lowest BCUT2D eigenvalue weighted by atomic mass is 10.0. The maximum atomic E-state index is 14.5. The van der Waals surface area contributed by atoms with E-state index >= 15 is 0 Å². The van der Waals surface area contributed by atoms with Crippen LogP contribution < -0.4 is 43.8 Å². The monoisotopic (exact) mass is 872 g/mol. The molecule has 3 heterocycles. The number of fused-ring (bicyclic) bond motifs is 2. The fourth-order valence-corrected chi connectivity index (χ4v) is 8.07. The average molecular weight is 873 g/mol. The molecule has 2 aromatic heterocycles. The van der Waals surface area contributed by atoms with Gasteiger partial charge in [-0.15, -0.1) is 18.2 Å². The molecule has 326 valence electrons. The number of guanidine groups is 1. The number of hydrogen-bond acceptors (Lipinski definition) is 9. The van der Waals surface area contributed by atoms with Gasteiger partial charge >= 0.3 is 0 Å². The zero-order valence-corrected chi connectivity index (χ0v) is 34.9. The predicted molar refractivity (Wildman–Crippen MR) is 238 cm³/mol. The Morgan fingerprint density at radius 1 is 0.778 bits per heavy atom. The van der Waals surface area contributed by atoms with E-state index in [1.165, 1.54) is 18.6 Å². The van der Waals surface area contributed by atoms with Gasteiger partial charge in [0.05, 0.1) is 11.9 Å². The molecular weight excluding hydrogens is 825 g/mol. The van der Waals surface area contributed by atoms with Crippen molar-refractivity contribution >= 4 is 64.1 Å². The number of rotatable bonds is 11. The van der Waals surface area contributed by atoms with Gasteiger partial charge in [0.2, 0.25) is 29.5 Å². The molecule has 0 fully saturated rings. The Kier molecular flexibility index (Phi) is 15.2. The summed E-state index contributed by atoms with van der Waals surface area (Å²) in [6, 6.07) is 14.6. The second kappa shape index (κ2) is 21.3. The van der Waals surface area contributed by atoms with Gasteiger partial charge in [0.1, 0.15) is 30.2 Å². The van der Waals surface area contributed by atoms with Crippen LogP contribution in [0.4, 0.5) is 0 Å². The number of H-pyrrole nitrogens is 2. The highest BCUT2D eigenvalue weighted by molar-refractivity contribution is 7.99. The second-order valence-electron chi connectivity index (χ2n) is 14.8. The molecule has 5 atom stereocenters. The fourth-order valence-electron chi connectivity index (χ4n) is 7.00. The summed E-state index contributed by atoms with van der Waals surface area (Å²) in [6.45, 7) is 0.115. The Morgan fingerprint density at radius 3 is 2.14 bits per heavy atom. The van der Waals surface area contributed by atoms with Crippen LogP contribution in [0.1, 0.15) is 45.6 Å². The molecule has 0 radical (unpaired) electrons. The van der Waals surface area contributed by atoms with Crippen LogP contribution in [-0.2, 0) is 43.2 Å². The highest BCUT2D eigenvalue weighted by atomic mass is 32.2. The van der Waals surface area contributed by atoms with Crippen LogP contribution >= 0.6 is 11.8 Å². The first-order valence-electron chi connectivity index (χ1n) is 20.0. The van der Waals surface area contributed by atoms with Gasteiger partial charge in [0.25, 0.3) is 5.91 Å². The van der Waals surface area contributed by atoms with Crippen LogP contribution in [0.25, 0.3) is 10.9 Å². The minimum absolute atomic E-state index is 0.00339. The summed E-state index contributed by atoms with van der Waals surface area (Å²) in [5.74, 6) is -2.27. The molecule has 3 aromatic carbocycles. The lowest BCUT2D eigenvalue weighted by molar-refractivity contribution is -0.134. The minimum atomic E-state index is -1.29. The van der Waals surface area contributed by atoms with E-state index in [2.05, 4.69) is 52.4 Å². The average Bonchev–Trinajstić information content (AvgIpc) is 3.95. The van der Waals surface area contributed by atoms with Crippen LogP contribution in [0.3, 0.4) is 0 Å². The van der Waals surface area contributed by atoms with E-state index < -0.39 is 65.7 Å². The number of thioether (sulfide) groups is 1. The molecule has 6 amide bonds. The number of terminal acetylenes is 1. The fraction of sp³-hybridized carbons (Fsp3) is 0.273. The number of nitrogens with two attached hydrogens (primary N) is 3. The predicted octanol–water partition coefficient (Wildman–Crippen LogP) is 0.283. The number of carbonyl (C=O) groups is 6. The zero-order chi connectivity index (χ0) is 44.9. The lowest BCUT2D eigenvalue weighted by Crippen LogP contribution is -2.60. The highest BCUT2D eigenvalue weighted by Crippen LogP contribution is 2.26. The number of benzene rings is 3. The van der Waals surface area contributed by atoms with Crippen molar-refractivity contribution in [2.75, 3.05) is 12.3 Å². The third-order valence-corrected chi connectivity index (χ3v) is 11.4. The molecule has 0 bridgehead atoms. The number of carbonyl (C=O) groups excluding carboxylic acids is 6. The number of amides is 6. The summed E-state index contributed by atoms with van der Waals surface area (Å²) in [5, 5.41) is 14.7. The van der Waals surface area contributed by atoms with Gasteiger partial charge in [-0.3, -0.25) is 33.8 Å². The summed E-state index contributed by atoms with van der Waals surface area (Å²) < 4.78 is 0. The quantitative estimate of drug-likeness (QED) is 0.0374. The third kappa shape index (κ3) is 12.3. The van der Waals surface area contributed by atoms with E-state index in [9.17, 15) is 28.8 Å². The van der Waals surface area contributed by atoms with Crippen LogP contribution in [0.2, 0.25) is 0 Å². The molecule has 1 aliphatic rings. The van der Waals surface area contributed by atoms with Crippen molar-refractivity contribution in [2.24, 2.45) is 22.2 Å². The van der Waals surface area contributed by atoms with Crippen LogP contribution in [0, 0.1) is 12.3 Å². The van der Waals surface area contributed by atoms with Crippen molar-refractivity contribution in [3.63, 3.8) is 0 Å². The first-order chi connectivity index (χ1) is 30.4. The number of aliphatic imine (C=N–C) groups is 1. The van der Waals surface area contributed by atoms with Crippen LogP contribution in [0.15, 0.2) is 101 Å². The van der Waals surface area contributed by atoms with Crippen LogP contribution in [0.5, 0.6) is 0 Å². The van der Waals surface area contributed by atoms with E-state index in [1.807, 2.05) is 24.3 Å². The highest BCUT2D eigenvalue weighted by Gasteiger charge is 2.34. The number of nitrogens with zero attached hydrogens (tertiary/aromatic N) is 2. The summed E-state index contributed by atoms with van der Waals surface area (Å²) in [4.78, 5) is 99.2. The first-order valence-corrected chi connectivity index (χ1v) is 21.0. The Hall–Kier alpha value is -7.59. The van der Waals surface area contributed by atoms with Crippen LogP contribution in [-0.4, -0.2) is 98.9 Å². The van der Waals surface area contributed by atoms with Crippen molar-refractivity contribution < 1.29 is 28.8 Å². The number of aromatic nitrogens is 3. The largest absolute Gasteiger partial charge is 0.370 e. The summed E-state index contributed by atoms with van der Waals surface area (Å²) in [5.41, 5.74) is 20.1. The van der Waals surface area contributed by atoms with Gasteiger partial charge in [-0.05, 0) is 48.2 Å². The Balaban J connectivity index is 1.42. The smallest absolute Gasteiger partial charge is 0.253 e. The van der Waals surface area contributed by atoms with Crippen molar-refractivity contribution in [2.45, 2.75) is 67.2 Å². The standard InChI is InChI=1S/C44H48N12O6S/c1-2-25-14-15-37-30(17-25)39(58)53-35(20-28-22-48-24-51-28)43(62)54-33(18-26-9-4-3-5-10-26)41(60)52-32(13-8-16-49-44(46)47)40(59)55-34(42(61)56-36(23-63-37)38(45)57)19-27-21-50-31-12-7-6-11-29(27)31/h1,3-7,9-12,14-15,17,21-22,24,32-36,50H,8,13,16,18-20,23H2,(H2,45,57)(H,48,51)(H,52,60)(H,53,58)(H,54,62)(H,55,59)(H,56,61)(H4,46,47,49)/t32-,33+,34-,35-,36-/m0/s1. The van der Waals surface area contributed by atoms with Crippen molar-refractivity contribution in [3.8, 4) is 12.3 Å². The SMILES string of the molecule is C#Cc1ccc2c(c1)C(=O)N[C@@H](Cc1cnc[nH]1)C(=O)N[C@H](Cc1ccccc1)C(=O)N[C@@H](CCCN=C(N)N)C(=O)N[C@@H](Cc1c[nH]c3ccccc13)C(=O)N[C@H](C(N)=O)CS2.